The average molecular weight is 302 g/mol. The van der Waals surface area contributed by atoms with E-state index in [1.165, 1.54) is 0 Å². The van der Waals surface area contributed by atoms with E-state index in [-0.39, 0.29) is 0 Å². The Morgan fingerprint density at radius 1 is 1.19 bits per heavy atom. The van der Waals surface area contributed by atoms with Crippen LogP contribution in [0.4, 0.5) is 11.4 Å². The molecule has 2 aromatic carbocycles. The quantitative estimate of drug-likeness (QED) is 0.915. The summed E-state index contributed by atoms with van der Waals surface area (Å²) in [6.07, 6.45) is 0.850. The van der Waals surface area contributed by atoms with Crippen molar-refractivity contribution >= 4 is 21.4 Å². The minimum Gasteiger partial charge on any atom is -0.382 e. The van der Waals surface area contributed by atoms with Gasteiger partial charge < -0.3 is 5.32 Å². The van der Waals surface area contributed by atoms with Crippen LogP contribution < -0.4 is 10.0 Å². The van der Waals surface area contributed by atoms with E-state index in [9.17, 15) is 8.42 Å². The molecule has 1 atom stereocenters. The van der Waals surface area contributed by atoms with E-state index in [1.54, 1.807) is 18.2 Å². The van der Waals surface area contributed by atoms with Gasteiger partial charge in [-0.25, -0.2) is 8.42 Å². The molecule has 1 aliphatic heterocycles. The van der Waals surface area contributed by atoms with E-state index in [0.29, 0.717) is 16.6 Å². The molecule has 110 valence electrons. The molecule has 0 amide bonds. The fourth-order valence-corrected chi connectivity index (χ4v) is 3.77. The summed E-state index contributed by atoms with van der Waals surface area (Å²) < 4.78 is 27.7. The highest BCUT2D eigenvalue weighted by atomic mass is 32.2. The van der Waals surface area contributed by atoms with Crippen LogP contribution in [0.25, 0.3) is 0 Å². The lowest BCUT2D eigenvalue weighted by molar-refractivity contribution is 0.601. The number of rotatable bonds is 3. The van der Waals surface area contributed by atoms with Crippen LogP contribution in [0.15, 0.2) is 47.4 Å². The van der Waals surface area contributed by atoms with Gasteiger partial charge in [0.15, 0.2) is 0 Å². The van der Waals surface area contributed by atoms with Crippen molar-refractivity contribution in [3.8, 4) is 0 Å². The zero-order valence-corrected chi connectivity index (χ0v) is 12.9. The first kappa shape index (κ1) is 13.9. The number of nitrogens with one attached hydrogen (secondary N) is 2. The van der Waals surface area contributed by atoms with Gasteiger partial charge in [-0.05, 0) is 55.7 Å². The Bertz CT molecular complexity index is 785. The molecule has 21 heavy (non-hydrogen) atoms. The lowest BCUT2D eigenvalue weighted by Gasteiger charge is -2.11. The van der Waals surface area contributed by atoms with Gasteiger partial charge in [-0.15, -0.1) is 0 Å². The van der Waals surface area contributed by atoms with E-state index in [1.807, 2.05) is 31.2 Å². The van der Waals surface area contributed by atoms with Gasteiger partial charge >= 0.3 is 0 Å². The molecule has 1 heterocycles. The van der Waals surface area contributed by atoms with Crippen LogP contribution in [0.5, 0.6) is 0 Å². The summed E-state index contributed by atoms with van der Waals surface area (Å²) in [6, 6.07) is 12.9. The number of hydrogen-bond acceptors (Lipinski definition) is 3. The summed E-state index contributed by atoms with van der Waals surface area (Å²) >= 11 is 0. The van der Waals surface area contributed by atoms with Crippen LogP contribution >= 0.6 is 0 Å². The standard InChI is InChI=1S/C16H18N2O2S/c1-11-5-3-4-6-15(11)18-21(19,20)14-7-8-16-13(10-14)9-12(2)17-16/h3-8,10,12,17-18H,9H2,1-2H3/t12-/m1/s1. The minimum absolute atomic E-state index is 0.306. The third-order valence-corrected chi connectivity index (χ3v) is 5.07. The number of fused-ring (bicyclic) bond motifs is 1. The predicted octanol–water partition coefficient (Wildman–Crippen LogP) is 3.15. The first-order valence-electron chi connectivity index (χ1n) is 6.93. The third-order valence-electron chi connectivity index (χ3n) is 3.70. The van der Waals surface area contributed by atoms with Crippen molar-refractivity contribution < 1.29 is 8.42 Å². The summed E-state index contributed by atoms with van der Waals surface area (Å²) in [5, 5.41) is 3.32. The fraction of sp³-hybridized carbons (Fsp3) is 0.250. The Morgan fingerprint density at radius 2 is 1.95 bits per heavy atom. The van der Waals surface area contributed by atoms with Gasteiger partial charge in [-0.1, -0.05) is 18.2 Å². The smallest absolute Gasteiger partial charge is 0.261 e. The third kappa shape index (κ3) is 2.74. The van der Waals surface area contributed by atoms with Crippen LogP contribution in [0.1, 0.15) is 18.1 Å². The second-order valence-electron chi connectivity index (χ2n) is 5.49. The van der Waals surface area contributed by atoms with Gasteiger partial charge in [0.05, 0.1) is 10.6 Å². The molecule has 0 unspecified atom stereocenters. The highest BCUT2D eigenvalue weighted by Gasteiger charge is 2.21. The van der Waals surface area contributed by atoms with Crippen molar-refractivity contribution in [3.05, 3.63) is 53.6 Å². The van der Waals surface area contributed by atoms with Crippen LogP contribution in [0, 0.1) is 6.92 Å². The Kier molecular flexibility index (Phi) is 3.37. The molecule has 0 aromatic heterocycles. The second-order valence-corrected chi connectivity index (χ2v) is 7.17. The fourth-order valence-electron chi connectivity index (χ4n) is 2.58. The molecule has 3 rings (SSSR count). The van der Waals surface area contributed by atoms with Gasteiger partial charge in [0.25, 0.3) is 10.0 Å². The lowest BCUT2D eigenvalue weighted by Crippen LogP contribution is -2.13. The summed E-state index contributed by atoms with van der Waals surface area (Å²) in [5.41, 5.74) is 3.59. The molecule has 0 spiro atoms. The van der Waals surface area contributed by atoms with E-state index >= 15 is 0 Å². The molecule has 0 saturated heterocycles. The van der Waals surface area contributed by atoms with E-state index in [4.69, 9.17) is 0 Å². The summed E-state index contributed by atoms with van der Waals surface area (Å²) in [7, 11) is -3.55. The molecule has 4 nitrogen and oxygen atoms in total. The first-order chi connectivity index (χ1) is 9.95. The number of benzene rings is 2. The SMILES string of the molecule is Cc1ccccc1NS(=O)(=O)c1ccc2c(c1)C[C@@H](C)N2. The lowest BCUT2D eigenvalue weighted by atomic mass is 10.1. The number of para-hydroxylation sites is 1. The largest absolute Gasteiger partial charge is 0.382 e. The van der Waals surface area contributed by atoms with Crippen molar-refractivity contribution in [2.24, 2.45) is 0 Å². The molecule has 0 fully saturated rings. The van der Waals surface area contributed by atoms with Crippen molar-refractivity contribution in [2.45, 2.75) is 31.2 Å². The molecule has 0 aliphatic carbocycles. The van der Waals surface area contributed by atoms with Crippen molar-refractivity contribution in [3.63, 3.8) is 0 Å². The second kappa shape index (κ2) is 5.07. The van der Waals surface area contributed by atoms with Crippen LogP contribution in [0.3, 0.4) is 0 Å². The monoisotopic (exact) mass is 302 g/mol. The van der Waals surface area contributed by atoms with Crippen molar-refractivity contribution in [1.29, 1.82) is 0 Å². The molecule has 0 saturated carbocycles. The van der Waals surface area contributed by atoms with Crippen molar-refractivity contribution in [1.82, 2.24) is 0 Å². The molecule has 2 N–H and O–H groups in total. The molecular weight excluding hydrogens is 284 g/mol. The van der Waals surface area contributed by atoms with Crippen molar-refractivity contribution in [2.75, 3.05) is 10.0 Å². The van der Waals surface area contributed by atoms with Crippen LogP contribution in [-0.2, 0) is 16.4 Å². The topological polar surface area (TPSA) is 58.2 Å². The van der Waals surface area contributed by atoms with E-state index < -0.39 is 10.0 Å². The highest BCUT2D eigenvalue weighted by Crippen LogP contribution is 2.29. The highest BCUT2D eigenvalue weighted by molar-refractivity contribution is 7.92. The summed E-state index contributed by atoms with van der Waals surface area (Å²) in [6.45, 7) is 3.96. The van der Waals surface area contributed by atoms with E-state index in [0.717, 1.165) is 23.2 Å². The summed E-state index contributed by atoms with van der Waals surface area (Å²) in [5.74, 6) is 0. The van der Waals surface area contributed by atoms with E-state index in [2.05, 4.69) is 17.0 Å². The van der Waals surface area contributed by atoms with Gasteiger partial charge in [0.2, 0.25) is 0 Å². The molecular formula is C16H18N2O2S. The maximum atomic E-state index is 12.5. The Balaban J connectivity index is 1.93. The van der Waals surface area contributed by atoms with Crippen LogP contribution in [-0.4, -0.2) is 14.5 Å². The van der Waals surface area contributed by atoms with Gasteiger partial charge in [0.1, 0.15) is 0 Å². The first-order valence-corrected chi connectivity index (χ1v) is 8.42. The zero-order chi connectivity index (χ0) is 15.0. The number of sulfonamides is 1. The number of anilines is 2. The molecule has 2 aromatic rings. The maximum absolute atomic E-state index is 12.5. The molecule has 0 bridgehead atoms. The number of aryl methyl sites for hydroxylation is 1. The van der Waals surface area contributed by atoms with Gasteiger partial charge in [0, 0.05) is 11.7 Å². The molecule has 1 aliphatic rings. The van der Waals surface area contributed by atoms with Crippen LogP contribution in [0.2, 0.25) is 0 Å². The number of hydrogen-bond donors (Lipinski definition) is 2. The normalized spacial score (nSPS) is 17.1. The Morgan fingerprint density at radius 3 is 2.71 bits per heavy atom. The zero-order valence-electron chi connectivity index (χ0n) is 12.1. The predicted molar refractivity (Wildman–Crippen MR) is 85.2 cm³/mol. The molecule has 5 heteroatoms. The molecule has 0 radical (unpaired) electrons. The average Bonchev–Trinajstić information content (AvgIpc) is 2.80. The van der Waals surface area contributed by atoms with Gasteiger partial charge in [-0.3, -0.25) is 4.72 Å². The van der Waals surface area contributed by atoms with Gasteiger partial charge in [-0.2, -0.15) is 0 Å². The summed E-state index contributed by atoms with van der Waals surface area (Å²) in [4.78, 5) is 0.306. The minimum atomic E-state index is -3.55. The Labute approximate surface area is 125 Å². The Hall–Kier alpha value is -2.01. The maximum Gasteiger partial charge on any atom is 0.261 e.